The molecule has 2 aromatic carbocycles. The number of amides is 1. The fourth-order valence-electron chi connectivity index (χ4n) is 3.40. The van der Waals surface area contributed by atoms with Crippen molar-refractivity contribution in [2.45, 2.75) is 52.6 Å². The summed E-state index contributed by atoms with van der Waals surface area (Å²) in [6.07, 6.45) is 1.54. The Bertz CT molecular complexity index is 754. The number of hydrogen-bond acceptors (Lipinski definition) is 2. The van der Waals surface area contributed by atoms with E-state index in [1.807, 2.05) is 30.3 Å². The van der Waals surface area contributed by atoms with Gasteiger partial charge in [0.15, 0.2) is 12.3 Å². The third kappa shape index (κ3) is 6.61. The van der Waals surface area contributed by atoms with E-state index in [0.29, 0.717) is 18.9 Å². The average molecular weight is 382 g/mol. The summed E-state index contributed by atoms with van der Waals surface area (Å²) in [5.74, 6) is 0.271. The van der Waals surface area contributed by atoms with Crippen LogP contribution in [-0.4, -0.2) is 24.3 Å². The van der Waals surface area contributed by atoms with Gasteiger partial charge in [0.1, 0.15) is 6.04 Å². The molecule has 0 fully saturated rings. The average Bonchev–Trinajstić information content (AvgIpc) is 2.68. The van der Waals surface area contributed by atoms with E-state index in [-0.39, 0.29) is 17.7 Å². The molecule has 2 rings (SSSR count). The highest BCUT2D eigenvalue weighted by Gasteiger charge is 2.23. The first-order valence-electron chi connectivity index (χ1n) is 10.2. The lowest BCUT2D eigenvalue weighted by atomic mass is 9.95. The van der Waals surface area contributed by atoms with Gasteiger partial charge in [0.2, 0.25) is 0 Å². The Morgan fingerprint density at radius 2 is 1.61 bits per heavy atom. The summed E-state index contributed by atoms with van der Waals surface area (Å²) in [4.78, 5) is 24.5. The van der Waals surface area contributed by atoms with Crippen LogP contribution in [0, 0.1) is 5.92 Å². The fraction of sp³-hybridized carbons (Fsp3) is 0.417. The third-order valence-corrected chi connectivity index (χ3v) is 5.16. The van der Waals surface area contributed by atoms with E-state index < -0.39 is 6.04 Å². The molecule has 0 aliphatic heterocycles. The van der Waals surface area contributed by atoms with E-state index in [1.165, 1.54) is 18.1 Å². The van der Waals surface area contributed by atoms with Gasteiger partial charge in [-0.05, 0) is 30.9 Å². The van der Waals surface area contributed by atoms with Crippen molar-refractivity contribution in [3.05, 3.63) is 71.3 Å². The van der Waals surface area contributed by atoms with E-state index in [0.717, 1.165) is 12.0 Å². The number of carbonyl (C=O) groups excluding carboxylic acids is 2. The standard InChI is InChI=1S/C24H32N2O2/c1-5-19-11-13-21(14-12-19)24(17(2)3)25-16-23(28)26-22(18(4)27)15-20-9-7-6-8-10-20/h6-14,17,22,24-25H,5,15-16H2,1-4H3,(H,26,28)/p+1/t22-,24-/m0/s1. The maximum atomic E-state index is 12.5. The van der Waals surface area contributed by atoms with Crippen LogP contribution in [-0.2, 0) is 22.4 Å². The molecule has 0 aromatic heterocycles. The number of quaternary nitrogens is 1. The number of nitrogens with one attached hydrogen (secondary N) is 1. The van der Waals surface area contributed by atoms with Crippen molar-refractivity contribution in [2.75, 3.05) is 6.54 Å². The van der Waals surface area contributed by atoms with Crippen LogP contribution >= 0.6 is 0 Å². The number of carbonyl (C=O) groups is 2. The zero-order valence-corrected chi connectivity index (χ0v) is 17.4. The largest absolute Gasteiger partial charge is 0.341 e. The van der Waals surface area contributed by atoms with E-state index in [1.54, 1.807) is 0 Å². The summed E-state index contributed by atoms with van der Waals surface area (Å²) in [6.45, 7) is 8.31. The molecule has 2 atom stereocenters. The molecule has 4 heteroatoms. The summed E-state index contributed by atoms with van der Waals surface area (Å²) in [7, 11) is 0. The normalized spacial score (nSPS) is 13.2. The monoisotopic (exact) mass is 381 g/mol. The molecule has 0 saturated carbocycles. The van der Waals surface area contributed by atoms with Crippen LogP contribution in [0.15, 0.2) is 54.6 Å². The molecule has 0 aliphatic rings. The molecule has 0 heterocycles. The van der Waals surface area contributed by atoms with Crippen molar-refractivity contribution in [1.82, 2.24) is 5.32 Å². The second-order valence-corrected chi connectivity index (χ2v) is 7.73. The molecule has 0 saturated heterocycles. The maximum Gasteiger partial charge on any atom is 0.275 e. The first-order chi connectivity index (χ1) is 13.4. The van der Waals surface area contributed by atoms with Crippen LogP contribution in [0.25, 0.3) is 0 Å². The minimum absolute atomic E-state index is 0.0206. The number of nitrogens with two attached hydrogens (primary N) is 1. The molecule has 0 aliphatic carbocycles. The molecule has 28 heavy (non-hydrogen) atoms. The molecule has 0 unspecified atom stereocenters. The molecule has 0 bridgehead atoms. The van der Waals surface area contributed by atoms with Gasteiger partial charge < -0.3 is 10.6 Å². The van der Waals surface area contributed by atoms with Crippen molar-refractivity contribution < 1.29 is 14.9 Å². The van der Waals surface area contributed by atoms with Crippen LogP contribution in [0.4, 0.5) is 0 Å². The predicted octanol–water partition coefficient (Wildman–Crippen LogP) is 2.83. The lowest BCUT2D eigenvalue weighted by Gasteiger charge is -2.21. The van der Waals surface area contributed by atoms with Gasteiger partial charge >= 0.3 is 0 Å². The number of ketones is 1. The summed E-state index contributed by atoms with van der Waals surface area (Å²) >= 11 is 0. The van der Waals surface area contributed by atoms with Gasteiger partial charge in [-0.25, -0.2) is 0 Å². The Kier molecular flexibility index (Phi) is 8.40. The van der Waals surface area contributed by atoms with Gasteiger partial charge in [-0.1, -0.05) is 75.4 Å². The summed E-state index contributed by atoms with van der Waals surface area (Å²) in [5.41, 5.74) is 3.59. The minimum Gasteiger partial charge on any atom is -0.341 e. The predicted molar refractivity (Wildman–Crippen MR) is 113 cm³/mol. The van der Waals surface area contributed by atoms with E-state index >= 15 is 0 Å². The SMILES string of the molecule is CCc1ccc([C@@H]([NH2+]CC(=O)N[C@@H](Cc2ccccc2)C(C)=O)C(C)C)cc1. The van der Waals surface area contributed by atoms with Gasteiger partial charge in [0.05, 0.1) is 6.04 Å². The zero-order chi connectivity index (χ0) is 20.5. The highest BCUT2D eigenvalue weighted by Crippen LogP contribution is 2.18. The molecule has 0 spiro atoms. The van der Waals surface area contributed by atoms with Crippen LogP contribution in [0.2, 0.25) is 0 Å². The number of aryl methyl sites for hydroxylation is 1. The Balaban J connectivity index is 1.96. The van der Waals surface area contributed by atoms with Crippen molar-refractivity contribution in [3.63, 3.8) is 0 Å². The first-order valence-corrected chi connectivity index (χ1v) is 10.2. The molecule has 150 valence electrons. The number of hydrogen-bond donors (Lipinski definition) is 2. The number of Topliss-reactive ketones (excluding diaryl/α,β-unsaturated/α-hetero) is 1. The van der Waals surface area contributed by atoms with Crippen LogP contribution in [0.5, 0.6) is 0 Å². The van der Waals surface area contributed by atoms with E-state index in [9.17, 15) is 9.59 Å². The van der Waals surface area contributed by atoms with E-state index in [4.69, 9.17) is 0 Å². The maximum absolute atomic E-state index is 12.5. The van der Waals surface area contributed by atoms with Crippen molar-refractivity contribution in [2.24, 2.45) is 5.92 Å². The second kappa shape index (κ2) is 10.8. The summed E-state index contributed by atoms with van der Waals surface area (Å²) in [6, 6.07) is 18.1. The quantitative estimate of drug-likeness (QED) is 0.665. The molecule has 4 nitrogen and oxygen atoms in total. The highest BCUT2D eigenvalue weighted by molar-refractivity contribution is 5.88. The van der Waals surface area contributed by atoms with Gasteiger partial charge in [-0.3, -0.25) is 9.59 Å². The Morgan fingerprint density at radius 1 is 0.964 bits per heavy atom. The second-order valence-electron chi connectivity index (χ2n) is 7.73. The van der Waals surface area contributed by atoms with E-state index in [2.05, 4.69) is 55.7 Å². The Morgan fingerprint density at radius 3 is 2.14 bits per heavy atom. The Labute approximate surface area is 168 Å². The zero-order valence-electron chi connectivity index (χ0n) is 17.4. The van der Waals surface area contributed by atoms with Gasteiger partial charge in [0.25, 0.3) is 5.91 Å². The van der Waals surface area contributed by atoms with Crippen LogP contribution in [0.3, 0.4) is 0 Å². The smallest absolute Gasteiger partial charge is 0.275 e. The Hall–Kier alpha value is -2.46. The lowest BCUT2D eigenvalue weighted by Crippen LogP contribution is -2.88. The first kappa shape index (κ1) is 21.8. The third-order valence-electron chi connectivity index (χ3n) is 5.16. The molecule has 0 radical (unpaired) electrons. The summed E-state index contributed by atoms with van der Waals surface area (Å²) in [5, 5.41) is 4.98. The van der Waals surface area contributed by atoms with Crippen molar-refractivity contribution >= 4 is 11.7 Å². The molecule has 2 aromatic rings. The van der Waals surface area contributed by atoms with Gasteiger partial charge in [-0.2, -0.15) is 0 Å². The lowest BCUT2D eigenvalue weighted by molar-refractivity contribution is -0.692. The van der Waals surface area contributed by atoms with Crippen LogP contribution in [0.1, 0.15) is 50.4 Å². The van der Waals surface area contributed by atoms with Crippen molar-refractivity contribution in [3.8, 4) is 0 Å². The minimum atomic E-state index is -0.482. The fourth-order valence-corrected chi connectivity index (χ4v) is 3.40. The number of benzene rings is 2. The molecular formula is C24H33N2O2+. The highest BCUT2D eigenvalue weighted by atomic mass is 16.2. The molecular weight excluding hydrogens is 348 g/mol. The topological polar surface area (TPSA) is 62.8 Å². The van der Waals surface area contributed by atoms with Crippen LogP contribution < -0.4 is 10.6 Å². The van der Waals surface area contributed by atoms with Gasteiger partial charge in [-0.15, -0.1) is 0 Å². The summed E-state index contributed by atoms with van der Waals surface area (Å²) < 4.78 is 0. The van der Waals surface area contributed by atoms with Crippen molar-refractivity contribution in [1.29, 1.82) is 0 Å². The molecule has 3 N–H and O–H groups in total. The van der Waals surface area contributed by atoms with Gasteiger partial charge in [0, 0.05) is 11.5 Å². The molecule has 1 amide bonds. The number of rotatable bonds is 10.